The summed E-state index contributed by atoms with van der Waals surface area (Å²) in [5, 5.41) is 0. The predicted octanol–water partition coefficient (Wildman–Crippen LogP) is 0.190. The van der Waals surface area contributed by atoms with Gasteiger partial charge in [0.05, 0.1) is 0 Å². The van der Waals surface area contributed by atoms with Crippen LogP contribution in [0, 0.1) is 0 Å². The first-order valence-electron chi connectivity index (χ1n) is 3.59. The zero-order valence-electron chi connectivity index (χ0n) is 7.50. The zero-order valence-corrected chi connectivity index (χ0v) is 9.08. The molecule has 6 heteroatoms. The Morgan fingerprint density at radius 3 is 1.69 bits per heavy atom. The first kappa shape index (κ1) is 10.2. The second kappa shape index (κ2) is 2.80. The molecule has 1 rings (SSSR count). The van der Waals surface area contributed by atoms with E-state index in [1.807, 2.05) is 0 Å². The fourth-order valence-electron chi connectivity index (χ4n) is 1.12. The molecule has 1 fully saturated rings. The van der Waals surface area contributed by atoms with E-state index in [9.17, 15) is 14.4 Å². The quantitative estimate of drug-likeness (QED) is 0.455. The van der Waals surface area contributed by atoms with Gasteiger partial charge in [-0.1, -0.05) is 15.9 Å². The minimum absolute atomic E-state index is 0.541. The van der Waals surface area contributed by atoms with Crippen molar-refractivity contribution in [1.82, 2.24) is 9.80 Å². The third-order valence-corrected chi connectivity index (χ3v) is 2.66. The van der Waals surface area contributed by atoms with Crippen molar-refractivity contribution in [2.45, 2.75) is 11.2 Å². The highest BCUT2D eigenvalue weighted by Crippen LogP contribution is 2.27. The Morgan fingerprint density at radius 1 is 1.08 bits per heavy atom. The molecule has 0 aliphatic carbocycles. The van der Waals surface area contributed by atoms with Gasteiger partial charge in [-0.3, -0.25) is 19.4 Å². The summed E-state index contributed by atoms with van der Waals surface area (Å²) in [5.74, 6) is -1.08. The molecule has 72 valence electrons. The molecule has 0 aromatic carbocycles. The topological polar surface area (TPSA) is 57.7 Å². The molecular weight excluding hydrogens is 240 g/mol. The smallest absolute Gasteiger partial charge is 0.272 e. The number of halogens is 1. The third-order valence-electron chi connectivity index (χ3n) is 1.99. The van der Waals surface area contributed by atoms with Crippen LogP contribution in [0.3, 0.4) is 0 Å². The summed E-state index contributed by atoms with van der Waals surface area (Å²) >= 11 is 3.00. The standard InChI is InChI=1S/C7H9BrN2O3/c1-7(8)4(11)9(2)6(13)10(3)5(7)12/h1-3H3. The van der Waals surface area contributed by atoms with Gasteiger partial charge in [0, 0.05) is 14.1 Å². The Labute approximate surface area is 83.8 Å². The SMILES string of the molecule is CN1C(=O)N(C)C(=O)C(C)(Br)C1=O. The summed E-state index contributed by atoms with van der Waals surface area (Å²) in [6.45, 7) is 1.43. The Hall–Kier alpha value is -0.910. The normalized spacial score (nSPS) is 22.6. The number of alkyl halides is 1. The molecule has 0 atom stereocenters. The number of hydrogen-bond acceptors (Lipinski definition) is 3. The lowest BCUT2D eigenvalue weighted by Crippen LogP contribution is -2.63. The average molecular weight is 249 g/mol. The van der Waals surface area contributed by atoms with Gasteiger partial charge >= 0.3 is 6.03 Å². The summed E-state index contributed by atoms with van der Waals surface area (Å²) in [7, 11) is 2.68. The van der Waals surface area contributed by atoms with Gasteiger partial charge in [-0.15, -0.1) is 0 Å². The molecule has 1 aliphatic rings. The first-order valence-corrected chi connectivity index (χ1v) is 4.38. The fourth-order valence-corrected chi connectivity index (χ4v) is 1.65. The van der Waals surface area contributed by atoms with Gasteiger partial charge < -0.3 is 0 Å². The molecule has 0 spiro atoms. The lowest BCUT2D eigenvalue weighted by atomic mass is 10.1. The van der Waals surface area contributed by atoms with E-state index in [2.05, 4.69) is 15.9 Å². The van der Waals surface area contributed by atoms with Crippen molar-refractivity contribution >= 4 is 33.8 Å². The summed E-state index contributed by atoms with van der Waals surface area (Å²) in [4.78, 5) is 35.9. The highest BCUT2D eigenvalue weighted by atomic mass is 79.9. The molecule has 5 nitrogen and oxygen atoms in total. The first-order chi connectivity index (χ1) is 5.80. The number of urea groups is 1. The van der Waals surface area contributed by atoms with Crippen LogP contribution >= 0.6 is 15.9 Å². The van der Waals surface area contributed by atoms with Gasteiger partial charge in [0.15, 0.2) is 4.32 Å². The Bertz CT molecular complexity index is 274. The van der Waals surface area contributed by atoms with E-state index >= 15 is 0 Å². The minimum Gasteiger partial charge on any atom is -0.272 e. The summed E-state index contributed by atoms with van der Waals surface area (Å²) in [5.41, 5.74) is 0. The van der Waals surface area contributed by atoms with Gasteiger partial charge in [0.1, 0.15) is 0 Å². The van der Waals surface area contributed by atoms with Crippen LogP contribution in [0.5, 0.6) is 0 Å². The lowest BCUT2D eigenvalue weighted by Gasteiger charge is -2.35. The van der Waals surface area contributed by atoms with E-state index in [1.165, 1.54) is 21.0 Å². The van der Waals surface area contributed by atoms with Crippen LogP contribution in [0.4, 0.5) is 4.79 Å². The molecule has 4 amide bonds. The van der Waals surface area contributed by atoms with E-state index in [0.29, 0.717) is 0 Å². The van der Waals surface area contributed by atoms with Crippen molar-refractivity contribution in [3.63, 3.8) is 0 Å². The zero-order chi connectivity index (χ0) is 10.4. The van der Waals surface area contributed by atoms with Crippen molar-refractivity contribution in [2.24, 2.45) is 0 Å². The number of rotatable bonds is 0. The number of carbonyl (C=O) groups excluding carboxylic acids is 3. The Balaban J connectivity index is 3.15. The number of nitrogens with zero attached hydrogens (tertiary/aromatic N) is 2. The van der Waals surface area contributed by atoms with Crippen LogP contribution in [0.25, 0.3) is 0 Å². The molecule has 0 saturated carbocycles. The second-order valence-electron chi connectivity index (χ2n) is 3.01. The molecular formula is C7H9BrN2O3. The Kier molecular flexibility index (Phi) is 2.19. The van der Waals surface area contributed by atoms with Crippen molar-refractivity contribution in [3.8, 4) is 0 Å². The molecule has 0 aromatic heterocycles. The monoisotopic (exact) mass is 248 g/mol. The second-order valence-corrected chi connectivity index (χ2v) is 4.60. The van der Waals surface area contributed by atoms with E-state index in [0.717, 1.165) is 9.80 Å². The van der Waals surface area contributed by atoms with Gasteiger partial charge in [-0.25, -0.2) is 4.79 Å². The van der Waals surface area contributed by atoms with E-state index < -0.39 is 22.2 Å². The molecule has 1 heterocycles. The molecule has 0 aromatic rings. The molecule has 0 radical (unpaired) electrons. The fraction of sp³-hybridized carbons (Fsp3) is 0.571. The molecule has 1 aliphatic heterocycles. The van der Waals surface area contributed by atoms with Crippen LogP contribution in [-0.4, -0.2) is 46.1 Å². The minimum atomic E-state index is -1.32. The number of imide groups is 2. The molecule has 0 unspecified atom stereocenters. The molecule has 1 saturated heterocycles. The summed E-state index contributed by atoms with van der Waals surface area (Å²) < 4.78 is -1.32. The molecule has 13 heavy (non-hydrogen) atoms. The van der Waals surface area contributed by atoms with E-state index in [1.54, 1.807) is 0 Å². The van der Waals surface area contributed by atoms with Gasteiger partial charge in [-0.2, -0.15) is 0 Å². The largest absolute Gasteiger partial charge is 0.332 e. The van der Waals surface area contributed by atoms with Gasteiger partial charge in [0.2, 0.25) is 0 Å². The van der Waals surface area contributed by atoms with Crippen molar-refractivity contribution in [2.75, 3.05) is 14.1 Å². The Morgan fingerprint density at radius 2 is 1.38 bits per heavy atom. The summed E-state index contributed by atoms with van der Waals surface area (Å²) in [6.07, 6.45) is 0. The van der Waals surface area contributed by atoms with Crippen LogP contribution in [0.2, 0.25) is 0 Å². The number of hydrogen-bond donors (Lipinski definition) is 0. The van der Waals surface area contributed by atoms with E-state index in [4.69, 9.17) is 0 Å². The predicted molar refractivity (Wildman–Crippen MR) is 48.3 cm³/mol. The highest BCUT2D eigenvalue weighted by Gasteiger charge is 2.50. The van der Waals surface area contributed by atoms with Crippen LogP contribution in [0.1, 0.15) is 6.92 Å². The maximum atomic E-state index is 11.4. The van der Waals surface area contributed by atoms with Crippen molar-refractivity contribution < 1.29 is 14.4 Å². The number of amides is 4. The van der Waals surface area contributed by atoms with Crippen LogP contribution in [0.15, 0.2) is 0 Å². The van der Waals surface area contributed by atoms with Crippen molar-refractivity contribution in [1.29, 1.82) is 0 Å². The highest BCUT2D eigenvalue weighted by molar-refractivity contribution is 9.10. The molecule has 0 bridgehead atoms. The average Bonchev–Trinajstić information content (AvgIpc) is 2.09. The number of barbiturate groups is 1. The third kappa shape index (κ3) is 1.25. The van der Waals surface area contributed by atoms with Crippen molar-refractivity contribution in [3.05, 3.63) is 0 Å². The lowest BCUT2D eigenvalue weighted by molar-refractivity contribution is -0.143. The summed E-state index contributed by atoms with van der Waals surface area (Å²) in [6, 6.07) is -0.605. The van der Waals surface area contributed by atoms with Crippen LogP contribution < -0.4 is 0 Å². The van der Waals surface area contributed by atoms with Gasteiger partial charge in [-0.05, 0) is 6.92 Å². The number of carbonyl (C=O) groups is 3. The maximum absolute atomic E-state index is 11.4. The van der Waals surface area contributed by atoms with Gasteiger partial charge in [0.25, 0.3) is 11.8 Å². The van der Waals surface area contributed by atoms with E-state index in [-0.39, 0.29) is 0 Å². The van der Waals surface area contributed by atoms with Crippen LogP contribution in [-0.2, 0) is 9.59 Å². The maximum Gasteiger partial charge on any atom is 0.332 e. The molecule has 0 N–H and O–H groups in total.